The molecular weight excluding hydrogens is 409 g/mol. The summed E-state index contributed by atoms with van der Waals surface area (Å²) in [6.45, 7) is 5.61. The Labute approximate surface area is 176 Å². The number of carbonyl (C=O) groups excluding carboxylic acids is 1. The molecule has 1 heterocycles. The Morgan fingerprint density at radius 3 is 2.47 bits per heavy atom. The van der Waals surface area contributed by atoms with Crippen LogP contribution in [0, 0.1) is 12.7 Å². The molecule has 2 aromatic carbocycles. The molecule has 162 valence electrons. The largest absolute Gasteiger partial charge is 0.379 e. The lowest BCUT2D eigenvalue weighted by molar-refractivity contribution is -0.114. The Morgan fingerprint density at radius 1 is 1.17 bits per heavy atom. The van der Waals surface area contributed by atoms with E-state index in [1.54, 1.807) is 31.2 Å². The van der Waals surface area contributed by atoms with E-state index in [-0.39, 0.29) is 29.2 Å². The van der Waals surface area contributed by atoms with E-state index in [2.05, 4.69) is 14.9 Å². The van der Waals surface area contributed by atoms with Crippen LogP contribution in [-0.4, -0.2) is 52.1 Å². The number of rotatable bonds is 7. The maximum absolute atomic E-state index is 13.4. The number of hydrogen-bond donors (Lipinski definition) is 2. The Hall–Kier alpha value is -2.33. The first kappa shape index (κ1) is 22.4. The van der Waals surface area contributed by atoms with Crippen LogP contribution < -0.4 is 10.0 Å². The molecule has 1 amide bonds. The zero-order valence-electron chi connectivity index (χ0n) is 17.0. The predicted molar refractivity (Wildman–Crippen MR) is 112 cm³/mol. The lowest BCUT2D eigenvalue weighted by Gasteiger charge is -2.35. The van der Waals surface area contributed by atoms with Crippen molar-refractivity contribution < 1.29 is 22.3 Å². The lowest BCUT2D eigenvalue weighted by atomic mass is 10.0. The fraction of sp³-hybridized carbons (Fsp3) is 0.381. The van der Waals surface area contributed by atoms with Crippen LogP contribution >= 0.6 is 0 Å². The Bertz CT molecular complexity index is 990. The number of benzene rings is 2. The van der Waals surface area contributed by atoms with Crippen molar-refractivity contribution >= 4 is 21.6 Å². The molecule has 2 aromatic rings. The molecule has 7 nitrogen and oxygen atoms in total. The molecule has 3 rings (SSSR count). The number of aryl methyl sites for hydroxylation is 1. The molecule has 0 spiro atoms. The third kappa shape index (κ3) is 5.63. The average molecular weight is 436 g/mol. The number of anilines is 1. The van der Waals surface area contributed by atoms with E-state index >= 15 is 0 Å². The number of ether oxygens (including phenoxy) is 1. The zero-order valence-corrected chi connectivity index (χ0v) is 17.8. The number of nitrogens with zero attached hydrogens (tertiary/aromatic N) is 1. The molecule has 2 N–H and O–H groups in total. The van der Waals surface area contributed by atoms with E-state index < -0.39 is 10.0 Å². The zero-order chi connectivity index (χ0) is 21.7. The summed E-state index contributed by atoms with van der Waals surface area (Å²) in [7, 11) is -3.83. The smallest absolute Gasteiger partial charge is 0.240 e. The molecule has 0 aliphatic carbocycles. The summed E-state index contributed by atoms with van der Waals surface area (Å²) in [5.41, 5.74) is 1.81. The minimum Gasteiger partial charge on any atom is -0.379 e. The van der Waals surface area contributed by atoms with E-state index in [1.165, 1.54) is 25.1 Å². The predicted octanol–water partition coefficient (Wildman–Crippen LogP) is 2.44. The molecule has 1 saturated heterocycles. The number of amides is 1. The monoisotopic (exact) mass is 435 g/mol. The Morgan fingerprint density at radius 2 is 1.83 bits per heavy atom. The second-order valence-corrected chi connectivity index (χ2v) is 8.96. The van der Waals surface area contributed by atoms with Crippen molar-refractivity contribution in [2.75, 3.05) is 38.2 Å². The van der Waals surface area contributed by atoms with Crippen molar-refractivity contribution in [2.45, 2.75) is 24.8 Å². The van der Waals surface area contributed by atoms with Gasteiger partial charge in [-0.15, -0.1) is 0 Å². The van der Waals surface area contributed by atoms with Crippen LogP contribution in [-0.2, 0) is 19.6 Å². The van der Waals surface area contributed by atoms with Gasteiger partial charge in [-0.1, -0.05) is 18.2 Å². The highest BCUT2D eigenvalue weighted by Crippen LogP contribution is 2.24. The topological polar surface area (TPSA) is 87.7 Å². The van der Waals surface area contributed by atoms with Crippen LogP contribution in [0.25, 0.3) is 0 Å². The first-order chi connectivity index (χ1) is 14.3. The van der Waals surface area contributed by atoms with Gasteiger partial charge in [0.25, 0.3) is 0 Å². The van der Waals surface area contributed by atoms with Gasteiger partial charge in [0.15, 0.2) is 0 Å². The van der Waals surface area contributed by atoms with E-state index in [1.807, 2.05) is 0 Å². The maximum Gasteiger partial charge on any atom is 0.240 e. The van der Waals surface area contributed by atoms with Crippen LogP contribution in [0.5, 0.6) is 0 Å². The molecule has 9 heteroatoms. The van der Waals surface area contributed by atoms with Gasteiger partial charge < -0.3 is 10.1 Å². The van der Waals surface area contributed by atoms with Crippen LogP contribution in [0.3, 0.4) is 0 Å². The Balaban J connectivity index is 1.83. The molecule has 0 aromatic heterocycles. The fourth-order valence-corrected chi connectivity index (χ4v) is 4.78. The summed E-state index contributed by atoms with van der Waals surface area (Å²) in [6, 6.07) is 10.6. The van der Waals surface area contributed by atoms with Gasteiger partial charge in [0.1, 0.15) is 5.82 Å². The summed E-state index contributed by atoms with van der Waals surface area (Å²) in [4.78, 5) is 13.5. The summed E-state index contributed by atoms with van der Waals surface area (Å²) < 4.78 is 47.6. The van der Waals surface area contributed by atoms with Gasteiger partial charge in [0.05, 0.1) is 18.1 Å². The summed E-state index contributed by atoms with van der Waals surface area (Å²) in [5.74, 6) is -0.621. The van der Waals surface area contributed by atoms with E-state index in [4.69, 9.17) is 4.74 Å². The van der Waals surface area contributed by atoms with Gasteiger partial charge in [-0.3, -0.25) is 9.69 Å². The van der Waals surface area contributed by atoms with Crippen LogP contribution in [0.1, 0.15) is 24.1 Å². The van der Waals surface area contributed by atoms with Crippen molar-refractivity contribution in [1.82, 2.24) is 9.62 Å². The summed E-state index contributed by atoms with van der Waals surface area (Å²) >= 11 is 0. The minimum atomic E-state index is -3.83. The third-order valence-corrected chi connectivity index (χ3v) is 6.57. The lowest BCUT2D eigenvalue weighted by Crippen LogP contribution is -2.43. The van der Waals surface area contributed by atoms with E-state index in [0.29, 0.717) is 37.6 Å². The number of halogens is 1. The number of sulfonamides is 1. The number of carbonyl (C=O) groups is 1. The minimum absolute atomic E-state index is 0.105. The quantitative estimate of drug-likeness (QED) is 0.698. The van der Waals surface area contributed by atoms with Crippen LogP contribution in [0.4, 0.5) is 10.1 Å². The van der Waals surface area contributed by atoms with Gasteiger partial charge in [0.2, 0.25) is 15.9 Å². The van der Waals surface area contributed by atoms with Gasteiger partial charge in [-0.25, -0.2) is 17.5 Å². The van der Waals surface area contributed by atoms with Crippen molar-refractivity contribution in [3.63, 3.8) is 0 Å². The second-order valence-electron chi connectivity index (χ2n) is 7.23. The third-order valence-electron chi connectivity index (χ3n) is 5.01. The first-order valence-electron chi connectivity index (χ1n) is 9.71. The van der Waals surface area contributed by atoms with E-state index in [0.717, 1.165) is 5.56 Å². The van der Waals surface area contributed by atoms with Crippen molar-refractivity contribution in [3.05, 3.63) is 59.4 Å². The van der Waals surface area contributed by atoms with Crippen molar-refractivity contribution in [2.24, 2.45) is 0 Å². The number of hydrogen-bond acceptors (Lipinski definition) is 5. The van der Waals surface area contributed by atoms with Gasteiger partial charge in [0, 0.05) is 38.3 Å². The van der Waals surface area contributed by atoms with Crippen LogP contribution in [0.15, 0.2) is 47.4 Å². The summed E-state index contributed by atoms with van der Waals surface area (Å²) in [6.07, 6.45) is 0. The highest BCUT2D eigenvalue weighted by molar-refractivity contribution is 7.89. The fourth-order valence-electron chi connectivity index (χ4n) is 3.47. The molecule has 0 radical (unpaired) electrons. The highest BCUT2D eigenvalue weighted by atomic mass is 32.2. The molecule has 1 aliphatic rings. The standard InChI is InChI=1S/C21H26FN3O4S/c1-15-3-8-19(24-16(2)26)13-21(15)30(27,28)23-14-20(25-9-11-29-12-10-25)17-4-6-18(22)7-5-17/h3-8,13,20,23H,9-12,14H2,1-2H3,(H,24,26). The van der Waals surface area contributed by atoms with Crippen LogP contribution in [0.2, 0.25) is 0 Å². The number of nitrogens with one attached hydrogen (secondary N) is 2. The second kappa shape index (κ2) is 9.65. The molecule has 30 heavy (non-hydrogen) atoms. The summed E-state index contributed by atoms with van der Waals surface area (Å²) in [5, 5.41) is 2.60. The molecule has 0 saturated carbocycles. The van der Waals surface area contributed by atoms with Crippen molar-refractivity contribution in [1.29, 1.82) is 0 Å². The molecule has 1 atom stereocenters. The molecule has 1 unspecified atom stereocenters. The maximum atomic E-state index is 13.4. The van der Waals surface area contributed by atoms with Gasteiger partial charge in [-0.05, 0) is 42.3 Å². The average Bonchev–Trinajstić information content (AvgIpc) is 2.71. The van der Waals surface area contributed by atoms with Gasteiger partial charge in [-0.2, -0.15) is 0 Å². The normalized spacial score (nSPS) is 16.2. The molecular formula is C21H26FN3O4S. The first-order valence-corrected chi connectivity index (χ1v) is 11.2. The molecule has 1 aliphatic heterocycles. The van der Waals surface area contributed by atoms with E-state index in [9.17, 15) is 17.6 Å². The molecule has 1 fully saturated rings. The Kier molecular flexibility index (Phi) is 7.19. The highest BCUT2D eigenvalue weighted by Gasteiger charge is 2.26. The van der Waals surface area contributed by atoms with Crippen molar-refractivity contribution in [3.8, 4) is 0 Å². The molecule has 0 bridgehead atoms. The number of morpholine rings is 1. The van der Waals surface area contributed by atoms with Gasteiger partial charge >= 0.3 is 0 Å². The SMILES string of the molecule is CC(=O)Nc1ccc(C)c(S(=O)(=O)NCC(c2ccc(F)cc2)N2CCOCC2)c1.